The van der Waals surface area contributed by atoms with E-state index >= 15 is 0 Å². The van der Waals surface area contributed by atoms with Gasteiger partial charge in [-0.15, -0.1) is 0 Å². The highest BCUT2D eigenvalue weighted by atomic mass is 16.6. The molecule has 0 saturated carbocycles. The predicted octanol–water partition coefficient (Wildman–Crippen LogP) is 10.8. The molecule has 2 atom stereocenters. The van der Waals surface area contributed by atoms with Crippen LogP contribution in [-0.4, -0.2) is 80.6 Å². The largest absolute Gasteiger partial charge is 0.477 e. The molecular weight excluding hydrogens is 666 g/mol. The lowest BCUT2D eigenvalue weighted by atomic mass is 10.1. The van der Waals surface area contributed by atoms with Crippen molar-refractivity contribution in [3.8, 4) is 0 Å². The standard InChI is InChI=1S/C45H75NO7/c1-6-8-10-12-14-16-17-18-19-20-21-22-23-24-25-26-27-28-30-31-33-35-43(47)52-40-41(39-51-38-37-42(45(49)50)46(3,4)5)53-44(48)36-34-32-29-15-13-11-9-7-2/h14,16,18-19,21-22,24-25,27-29,32,41-42H,6-13,15,17,20,23,26,30-31,33-40H2,1-5H3/p+1/b16-14+,19-18+,22-21+,25-24+,28-27+,32-29+. The number of carboxylic acid groups (broad SMARTS) is 1. The number of ether oxygens (including phenoxy) is 3. The van der Waals surface area contributed by atoms with Crippen LogP contribution in [0.5, 0.6) is 0 Å². The Morgan fingerprint density at radius 2 is 1.04 bits per heavy atom. The smallest absolute Gasteiger partial charge is 0.362 e. The number of quaternary nitrogens is 1. The highest BCUT2D eigenvalue weighted by Gasteiger charge is 2.31. The number of carbonyl (C=O) groups is 3. The molecule has 0 bridgehead atoms. The van der Waals surface area contributed by atoms with Gasteiger partial charge in [-0.05, 0) is 77.0 Å². The van der Waals surface area contributed by atoms with Gasteiger partial charge in [-0.2, -0.15) is 0 Å². The lowest BCUT2D eigenvalue weighted by molar-refractivity contribution is -0.887. The molecular formula is C45H76NO7+. The Morgan fingerprint density at radius 1 is 0.566 bits per heavy atom. The summed E-state index contributed by atoms with van der Waals surface area (Å²) in [7, 11) is 5.48. The van der Waals surface area contributed by atoms with Crippen molar-refractivity contribution < 1.29 is 38.2 Å². The van der Waals surface area contributed by atoms with E-state index in [1.54, 1.807) is 0 Å². The summed E-state index contributed by atoms with van der Waals surface area (Å²) in [6, 6.07) is -0.628. The van der Waals surface area contributed by atoms with Crippen LogP contribution < -0.4 is 0 Å². The minimum absolute atomic E-state index is 0.0278. The Labute approximate surface area is 323 Å². The molecule has 0 rings (SSSR count). The summed E-state index contributed by atoms with van der Waals surface area (Å²) in [6.07, 6.45) is 44.0. The molecule has 0 aromatic carbocycles. The number of carbonyl (C=O) groups excluding carboxylic acids is 2. The topological polar surface area (TPSA) is 99.1 Å². The number of esters is 2. The van der Waals surface area contributed by atoms with E-state index in [0.29, 0.717) is 25.7 Å². The zero-order chi connectivity index (χ0) is 39.3. The van der Waals surface area contributed by atoms with Crippen molar-refractivity contribution in [2.45, 2.75) is 154 Å². The van der Waals surface area contributed by atoms with Crippen molar-refractivity contribution in [3.63, 3.8) is 0 Å². The van der Waals surface area contributed by atoms with E-state index in [2.05, 4.69) is 80.7 Å². The van der Waals surface area contributed by atoms with Gasteiger partial charge in [0.15, 0.2) is 12.1 Å². The fraction of sp³-hybridized carbons (Fsp3) is 0.667. The summed E-state index contributed by atoms with van der Waals surface area (Å²) in [5, 5.41) is 9.57. The van der Waals surface area contributed by atoms with Crippen LogP contribution in [0.1, 0.15) is 142 Å². The first-order valence-electron chi connectivity index (χ1n) is 20.5. The molecule has 0 radical (unpaired) electrons. The van der Waals surface area contributed by atoms with Gasteiger partial charge in [0.1, 0.15) is 6.61 Å². The van der Waals surface area contributed by atoms with E-state index in [4.69, 9.17) is 14.2 Å². The zero-order valence-electron chi connectivity index (χ0n) is 34.2. The van der Waals surface area contributed by atoms with Crippen LogP contribution in [-0.2, 0) is 28.6 Å². The first kappa shape index (κ1) is 49.8. The van der Waals surface area contributed by atoms with Crippen LogP contribution in [0.15, 0.2) is 72.9 Å². The van der Waals surface area contributed by atoms with Crippen molar-refractivity contribution in [1.29, 1.82) is 0 Å². The molecule has 0 aliphatic carbocycles. The number of carboxylic acids is 1. The zero-order valence-corrected chi connectivity index (χ0v) is 34.2. The Bertz CT molecular complexity index is 1100. The summed E-state index contributed by atoms with van der Waals surface area (Å²) in [4.78, 5) is 36.7. The van der Waals surface area contributed by atoms with Crippen molar-refractivity contribution in [2.75, 3.05) is 41.0 Å². The predicted molar refractivity (Wildman–Crippen MR) is 220 cm³/mol. The molecule has 0 aliphatic rings. The number of aliphatic carboxylic acids is 1. The van der Waals surface area contributed by atoms with Gasteiger partial charge < -0.3 is 23.8 Å². The summed E-state index contributed by atoms with van der Waals surface area (Å²) in [6.45, 7) is 4.54. The maximum atomic E-state index is 12.6. The molecule has 53 heavy (non-hydrogen) atoms. The van der Waals surface area contributed by atoms with E-state index in [1.807, 2.05) is 27.2 Å². The van der Waals surface area contributed by atoms with Crippen LogP contribution in [0.3, 0.4) is 0 Å². The van der Waals surface area contributed by atoms with Crippen LogP contribution in [0, 0.1) is 0 Å². The van der Waals surface area contributed by atoms with E-state index < -0.39 is 18.1 Å². The second-order valence-electron chi connectivity index (χ2n) is 14.5. The maximum Gasteiger partial charge on any atom is 0.362 e. The number of allylic oxidation sites excluding steroid dienone is 12. The molecule has 0 heterocycles. The first-order chi connectivity index (χ1) is 25.6. The third kappa shape index (κ3) is 34.3. The molecule has 0 spiro atoms. The average molecular weight is 743 g/mol. The molecule has 0 aromatic heterocycles. The monoisotopic (exact) mass is 743 g/mol. The van der Waals surface area contributed by atoms with Gasteiger partial charge >= 0.3 is 17.9 Å². The minimum atomic E-state index is -0.890. The first-order valence-corrected chi connectivity index (χ1v) is 20.5. The molecule has 1 N–H and O–H groups in total. The van der Waals surface area contributed by atoms with Gasteiger partial charge in [0, 0.05) is 19.3 Å². The minimum Gasteiger partial charge on any atom is -0.477 e. The Balaban J connectivity index is 4.40. The van der Waals surface area contributed by atoms with E-state index in [0.717, 1.165) is 51.4 Å². The lowest BCUT2D eigenvalue weighted by Gasteiger charge is -2.31. The molecule has 0 saturated heterocycles. The SMILES string of the molecule is CCCCC/C=C/C/C=C/C/C=C/C/C=C/C/C=C/CCCCC(=O)OCC(COCCC(C(=O)O)[N+](C)(C)C)OC(=O)CC/C=C/CCCCCC. The number of likely N-dealkylation sites (N-methyl/N-ethyl adjacent to an activating group) is 1. The fourth-order valence-corrected chi connectivity index (χ4v) is 5.36. The highest BCUT2D eigenvalue weighted by molar-refractivity contribution is 5.72. The van der Waals surface area contributed by atoms with Gasteiger partial charge in [0.2, 0.25) is 0 Å². The van der Waals surface area contributed by atoms with Gasteiger partial charge in [-0.1, -0.05) is 119 Å². The van der Waals surface area contributed by atoms with Crippen molar-refractivity contribution >= 4 is 17.9 Å². The number of nitrogens with zero attached hydrogens (tertiary/aromatic N) is 1. The molecule has 302 valence electrons. The van der Waals surface area contributed by atoms with Crippen LogP contribution in [0.4, 0.5) is 0 Å². The molecule has 8 nitrogen and oxygen atoms in total. The van der Waals surface area contributed by atoms with Crippen molar-refractivity contribution in [3.05, 3.63) is 72.9 Å². The molecule has 0 amide bonds. The second kappa shape index (κ2) is 35.8. The van der Waals surface area contributed by atoms with E-state index in [1.165, 1.54) is 44.9 Å². The molecule has 0 aromatic rings. The average Bonchev–Trinajstić information content (AvgIpc) is 3.11. The molecule has 0 aliphatic heterocycles. The Hall–Kier alpha value is -3.23. The number of rotatable bonds is 35. The quantitative estimate of drug-likeness (QED) is 0.0299. The van der Waals surface area contributed by atoms with E-state index in [-0.39, 0.29) is 42.7 Å². The van der Waals surface area contributed by atoms with Gasteiger partial charge in [-0.25, -0.2) is 4.79 Å². The number of hydrogen-bond donors (Lipinski definition) is 1. The second-order valence-corrected chi connectivity index (χ2v) is 14.5. The van der Waals surface area contributed by atoms with Crippen LogP contribution in [0.2, 0.25) is 0 Å². The van der Waals surface area contributed by atoms with Crippen LogP contribution >= 0.6 is 0 Å². The lowest BCUT2D eigenvalue weighted by Crippen LogP contribution is -2.50. The summed E-state index contributed by atoms with van der Waals surface area (Å²) in [5.74, 6) is -1.60. The van der Waals surface area contributed by atoms with Crippen molar-refractivity contribution in [2.24, 2.45) is 0 Å². The normalized spacial score (nSPS) is 13.8. The molecule has 0 fully saturated rings. The number of unbranched alkanes of at least 4 members (excludes halogenated alkanes) is 9. The summed E-state index contributed by atoms with van der Waals surface area (Å²) < 4.78 is 17.1. The highest BCUT2D eigenvalue weighted by Crippen LogP contribution is 2.11. The third-order valence-corrected chi connectivity index (χ3v) is 8.59. The fourth-order valence-electron chi connectivity index (χ4n) is 5.36. The summed E-state index contributed by atoms with van der Waals surface area (Å²) >= 11 is 0. The van der Waals surface area contributed by atoms with Gasteiger partial charge in [-0.3, -0.25) is 9.59 Å². The molecule has 8 heteroatoms. The maximum absolute atomic E-state index is 12.6. The van der Waals surface area contributed by atoms with E-state index in [9.17, 15) is 19.5 Å². The van der Waals surface area contributed by atoms with Crippen LogP contribution in [0.25, 0.3) is 0 Å². The number of hydrogen-bond acceptors (Lipinski definition) is 6. The molecule has 2 unspecified atom stereocenters. The third-order valence-electron chi connectivity index (χ3n) is 8.59. The van der Waals surface area contributed by atoms with Gasteiger partial charge in [0.25, 0.3) is 0 Å². The Kier molecular flexibility index (Phi) is 33.6. The summed E-state index contributed by atoms with van der Waals surface area (Å²) in [5.41, 5.74) is 0. The Morgan fingerprint density at radius 3 is 1.57 bits per heavy atom. The van der Waals surface area contributed by atoms with Crippen molar-refractivity contribution in [1.82, 2.24) is 0 Å². The van der Waals surface area contributed by atoms with Gasteiger partial charge in [0.05, 0.1) is 34.4 Å².